The van der Waals surface area contributed by atoms with Crippen molar-refractivity contribution in [3.8, 4) is 5.75 Å². The summed E-state index contributed by atoms with van der Waals surface area (Å²) < 4.78 is 164. The van der Waals surface area contributed by atoms with E-state index in [-0.39, 0.29) is 27.5 Å². The van der Waals surface area contributed by atoms with Gasteiger partial charge in [-0.2, -0.15) is 57.4 Å². The maximum Gasteiger partial charge on any atom is 0.490 e. The molecule has 6 rings (SSSR count). The van der Waals surface area contributed by atoms with E-state index in [9.17, 15) is 65.9 Å². The van der Waals surface area contributed by atoms with E-state index >= 15 is 0 Å². The first-order valence-electron chi connectivity index (χ1n) is 21.5. The van der Waals surface area contributed by atoms with Crippen molar-refractivity contribution in [3.05, 3.63) is 63.3 Å². The van der Waals surface area contributed by atoms with Crippen molar-refractivity contribution in [3.63, 3.8) is 0 Å². The summed E-state index contributed by atoms with van der Waals surface area (Å²) in [6.45, 7) is 12.8. The van der Waals surface area contributed by atoms with Crippen LogP contribution in [0.4, 0.5) is 52.7 Å². The Labute approximate surface area is 428 Å². The van der Waals surface area contributed by atoms with Gasteiger partial charge >= 0.3 is 48.6 Å². The highest BCUT2D eigenvalue weighted by Crippen LogP contribution is 2.37. The van der Waals surface area contributed by atoms with Crippen LogP contribution < -0.4 is 14.8 Å². The van der Waals surface area contributed by atoms with Gasteiger partial charge in [0, 0.05) is 87.1 Å². The smallest absolute Gasteiger partial charge is 0.487 e. The summed E-state index contributed by atoms with van der Waals surface area (Å²) in [5, 5.41) is 33.1. The number of amides is 1. The average molecular weight is 1160 g/mol. The molecule has 1 aromatic heterocycles. The predicted molar refractivity (Wildman–Crippen MR) is 241 cm³/mol. The number of aromatic nitrogens is 1. The van der Waals surface area contributed by atoms with Crippen LogP contribution in [0.1, 0.15) is 42.5 Å². The molecule has 0 unspecified atom stereocenters. The second-order valence-corrected chi connectivity index (χ2v) is 18.6. The molecule has 0 radical (unpaired) electrons. The third kappa shape index (κ3) is 20.9. The maximum atomic E-state index is 14.0. The number of fused-ring (bicyclic) bond motifs is 1. The van der Waals surface area contributed by atoms with Gasteiger partial charge in [0.05, 0.1) is 5.02 Å². The maximum absolute atomic E-state index is 14.0. The van der Waals surface area contributed by atoms with Crippen LogP contribution in [-0.2, 0) is 40.6 Å². The number of carbonyl (C=O) groups is 5. The van der Waals surface area contributed by atoms with Crippen LogP contribution >= 0.6 is 23.2 Å². The van der Waals surface area contributed by atoms with Gasteiger partial charge in [0.25, 0.3) is 0 Å². The zero-order chi connectivity index (χ0) is 57.5. The number of carboxylic acid groups (broad SMARTS) is 4. The van der Waals surface area contributed by atoms with Crippen LogP contribution in [0.3, 0.4) is 0 Å². The molecule has 0 bridgehead atoms. The second-order valence-electron chi connectivity index (χ2n) is 16.2. The first-order chi connectivity index (χ1) is 34.3. The quantitative estimate of drug-likeness (QED) is 0.113. The van der Waals surface area contributed by atoms with Gasteiger partial charge < -0.3 is 35.4 Å². The van der Waals surface area contributed by atoms with Crippen LogP contribution in [0.25, 0.3) is 10.9 Å². The first-order valence-corrected chi connectivity index (χ1v) is 23.7. The van der Waals surface area contributed by atoms with Crippen LogP contribution in [0.2, 0.25) is 10.0 Å². The lowest BCUT2D eigenvalue weighted by atomic mass is 9.96. The number of benzene rings is 2. The number of pyridine rings is 1. The Morgan fingerprint density at radius 3 is 1.59 bits per heavy atom. The van der Waals surface area contributed by atoms with E-state index in [4.69, 9.17) is 67.5 Å². The van der Waals surface area contributed by atoms with E-state index in [0.29, 0.717) is 42.8 Å². The third-order valence-electron chi connectivity index (χ3n) is 10.7. The fourth-order valence-corrected chi connectivity index (χ4v) is 9.39. The van der Waals surface area contributed by atoms with E-state index in [1.54, 1.807) is 0 Å². The molecule has 6 N–H and O–H groups in total. The molecular weight excluding hydrogens is 1110 g/mol. The molecule has 0 spiro atoms. The van der Waals surface area contributed by atoms with Gasteiger partial charge in [-0.3, -0.25) is 14.6 Å². The molecule has 2 saturated heterocycles. The van der Waals surface area contributed by atoms with Gasteiger partial charge in [0.1, 0.15) is 28.3 Å². The standard InChI is InChI=1S/C34H44Cl2N6O4S.4C2HF3O2/c1-24-22-25(2)38-32-26(24)6-5-7-29(32)46-23-27-28(35)8-9-30(31(27)36)47(44,45)39-34(10-3-4-11-34)33(43)42-20-18-41(19-21-42)17-16-40-14-12-37-13-15-40;4*3-2(4,5)1(6)7/h5-9,22,37,39H,3-4,10-21,23H2,1-2H3;4*(H,6,7). The molecule has 3 aromatic rings. The lowest BCUT2D eigenvalue weighted by Gasteiger charge is -2.40. The Bertz CT molecular complexity index is 2480. The largest absolute Gasteiger partial charge is 0.490 e. The number of alkyl halides is 12. The van der Waals surface area contributed by atoms with Crippen LogP contribution in [-0.4, -0.2) is 174 Å². The lowest BCUT2D eigenvalue weighted by molar-refractivity contribution is -0.193. The minimum absolute atomic E-state index is 0.0238. The Morgan fingerprint density at radius 2 is 1.15 bits per heavy atom. The Morgan fingerprint density at radius 1 is 0.707 bits per heavy atom. The first kappa shape index (κ1) is 65.6. The molecule has 2 aromatic carbocycles. The second kappa shape index (κ2) is 27.5. The molecule has 0 atom stereocenters. The summed E-state index contributed by atoms with van der Waals surface area (Å²) in [6, 6.07) is 10.6. The van der Waals surface area contributed by atoms with E-state index in [0.717, 1.165) is 81.8 Å². The zero-order valence-electron chi connectivity index (χ0n) is 39.1. The third-order valence-corrected chi connectivity index (χ3v) is 13.2. The van der Waals surface area contributed by atoms with E-state index < -0.39 is 64.1 Å². The summed E-state index contributed by atoms with van der Waals surface area (Å²) in [7, 11) is -4.19. The Kier molecular flexibility index (Phi) is 24.1. The fraction of sp³-hybridized carbons (Fsp3) is 0.524. The number of hydrogen-bond acceptors (Lipinski definition) is 12. The highest BCUT2D eigenvalue weighted by atomic mass is 35.5. The molecule has 33 heteroatoms. The number of aryl methyl sites for hydroxylation is 2. The number of aliphatic carboxylic acids is 4. The molecule has 2 aliphatic heterocycles. The molecule has 3 aliphatic rings. The highest BCUT2D eigenvalue weighted by Gasteiger charge is 2.48. The number of piperazine rings is 2. The van der Waals surface area contributed by atoms with Crippen molar-refractivity contribution in [2.24, 2.45) is 0 Å². The van der Waals surface area contributed by atoms with Gasteiger partial charge in [0.2, 0.25) is 15.9 Å². The summed E-state index contributed by atoms with van der Waals surface area (Å²) in [4.78, 5) is 60.9. The van der Waals surface area contributed by atoms with Gasteiger partial charge in [-0.1, -0.05) is 48.2 Å². The SMILES string of the molecule is Cc1cc(C)c2cccc(OCc3c(Cl)ccc(S(=O)(=O)NC4(C(=O)N5CCN(CCN6CCNCC6)CC5)CCCC4)c3Cl)c2n1.O=C(O)C(F)(F)F.O=C(O)C(F)(F)F.O=C(O)C(F)(F)F.O=C(O)C(F)(F)F. The van der Waals surface area contributed by atoms with Crippen LogP contribution in [0.5, 0.6) is 5.75 Å². The molecule has 18 nitrogen and oxygen atoms in total. The lowest BCUT2D eigenvalue weighted by Crippen LogP contribution is -2.61. The summed E-state index contributed by atoms with van der Waals surface area (Å²) in [6.07, 6.45) is -17.9. The van der Waals surface area contributed by atoms with Gasteiger partial charge in [0.15, 0.2) is 0 Å². The number of para-hydroxylation sites is 1. The van der Waals surface area contributed by atoms with Crippen molar-refractivity contribution in [1.29, 1.82) is 0 Å². The molecule has 1 aliphatic carbocycles. The van der Waals surface area contributed by atoms with Crippen LogP contribution in [0.15, 0.2) is 41.3 Å². The predicted octanol–water partition coefficient (Wildman–Crippen LogP) is 6.91. The van der Waals surface area contributed by atoms with Crippen molar-refractivity contribution in [1.82, 2.24) is 29.7 Å². The van der Waals surface area contributed by atoms with Crippen molar-refractivity contribution < 1.29 is 110 Å². The van der Waals surface area contributed by atoms with Gasteiger partial charge in [-0.15, -0.1) is 0 Å². The Hall–Kier alpha value is -5.47. The fourth-order valence-electron chi connectivity index (χ4n) is 7.08. The van der Waals surface area contributed by atoms with Crippen molar-refractivity contribution in [2.45, 2.75) is 81.3 Å². The number of carboxylic acids is 4. The molecular formula is C42H48Cl2F12N6O12S. The molecule has 75 heavy (non-hydrogen) atoms. The number of rotatable bonds is 10. The normalized spacial score (nSPS) is 16.3. The van der Waals surface area contributed by atoms with Crippen molar-refractivity contribution >= 4 is 73.9 Å². The molecule has 1 amide bonds. The molecule has 3 fully saturated rings. The van der Waals surface area contributed by atoms with E-state index in [2.05, 4.69) is 24.8 Å². The highest BCUT2D eigenvalue weighted by molar-refractivity contribution is 7.89. The minimum Gasteiger partial charge on any atom is -0.487 e. The molecule has 3 heterocycles. The monoisotopic (exact) mass is 1160 g/mol. The summed E-state index contributed by atoms with van der Waals surface area (Å²) in [5.74, 6) is -10.6. The number of hydrogen-bond donors (Lipinski definition) is 6. The number of halogens is 14. The van der Waals surface area contributed by atoms with E-state index in [1.807, 2.05) is 43.0 Å². The number of ether oxygens (including phenoxy) is 1. The van der Waals surface area contributed by atoms with Crippen molar-refractivity contribution in [2.75, 3.05) is 65.4 Å². The Balaban J connectivity index is 0.000000560. The van der Waals surface area contributed by atoms with E-state index in [1.165, 1.54) is 12.1 Å². The number of sulfonamides is 1. The molecule has 422 valence electrons. The zero-order valence-corrected chi connectivity index (χ0v) is 41.4. The number of carbonyl (C=O) groups excluding carboxylic acids is 1. The summed E-state index contributed by atoms with van der Waals surface area (Å²) >= 11 is 13.3. The number of nitrogens with zero attached hydrogens (tertiary/aromatic N) is 4. The average Bonchev–Trinajstić information content (AvgIpc) is 3.77. The van der Waals surface area contributed by atoms with Crippen LogP contribution in [0, 0.1) is 13.8 Å². The van der Waals surface area contributed by atoms with Gasteiger partial charge in [-0.25, -0.2) is 32.6 Å². The topological polar surface area (TPSA) is 256 Å². The summed E-state index contributed by atoms with van der Waals surface area (Å²) in [5.41, 5.74) is 1.80. The van der Waals surface area contributed by atoms with Gasteiger partial charge in [-0.05, 0) is 56.5 Å². The number of nitrogens with one attached hydrogen (secondary N) is 2. The minimum atomic E-state index is -5.08. The molecule has 1 saturated carbocycles.